The largest absolute Gasteiger partial charge is 0.480 e. The summed E-state index contributed by atoms with van der Waals surface area (Å²) >= 11 is 2.99. The van der Waals surface area contributed by atoms with Gasteiger partial charge in [0.1, 0.15) is 11.9 Å². The summed E-state index contributed by atoms with van der Waals surface area (Å²) in [5.41, 5.74) is 0.242. The van der Waals surface area contributed by atoms with E-state index in [1.807, 2.05) is 0 Å². The summed E-state index contributed by atoms with van der Waals surface area (Å²) < 4.78 is 13.5. The number of carbonyl (C=O) groups excluding carboxylic acids is 1. The number of hydrogen-bond donors (Lipinski definition) is 3. The first-order valence-electron chi connectivity index (χ1n) is 5.56. The van der Waals surface area contributed by atoms with E-state index in [0.717, 1.165) is 6.07 Å². The fraction of sp³-hybridized carbons (Fsp3) is 0.333. The Balaban J connectivity index is 2.69. The van der Waals surface area contributed by atoms with Crippen LogP contribution in [0.15, 0.2) is 22.7 Å². The molecule has 1 rings (SSSR count). The highest BCUT2D eigenvalue weighted by molar-refractivity contribution is 9.10. The van der Waals surface area contributed by atoms with Crippen LogP contribution in [0.1, 0.15) is 13.8 Å². The Bertz CT molecular complexity index is 494. The number of carbonyl (C=O) groups is 2. The van der Waals surface area contributed by atoms with E-state index in [1.54, 1.807) is 13.8 Å². The molecule has 0 spiro atoms. The van der Waals surface area contributed by atoms with Crippen molar-refractivity contribution >= 4 is 33.6 Å². The molecule has 0 aliphatic rings. The molecule has 3 N–H and O–H groups in total. The minimum Gasteiger partial charge on any atom is -0.480 e. The van der Waals surface area contributed by atoms with E-state index in [4.69, 9.17) is 5.11 Å². The molecule has 19 heavy (non-hydrogen) atoms. The van der Waals surface area contributed by atoms with Gasteiger partial charge in [-0.2, -0.15) is 0 Å². The fourth-order valence-electron chi connectivity index (χ4n) is 1.40. The lowest BCUT2D eigenvalue weighted by Gasteiger charge is -2.18. The predicted octanol–water partition coefficient (Wildman–Crippen LogP) is 2.82. The molecule has 1 atom stereocenters. The first-order chi connectivity index (χ1) is 8.81. The Labute approximate surface area is 118 Å². The number of benzene rings is 1. The van der Waals surface area contributed by atoms with Crippen LogP contribution in [0.5, 0.6) is 0 Å². The molecule has 0 bridgehead atoms. The van der Waals surface area contributed by atoms with Crippen LogP contribution in [-0.4, -0.2) is 23.1 Å². The lowest BCUT2D eigenvalue weighted by atomic mass is 10.1. The Morgan fingerprint density at radius 1 is 1.37 bits per heavy atom. The van der Waals surface area contributed by atoms with Gasteiger partial charge in [-0.05, 0) is 40.0 Å². The Morgan fingerprint density at radius 3 is 2.47 bits per heavy atom. The number of halogens is 2. The molecule has 1 unspecified atom stereocenters. The number of nitrogens with one attached hydrogen (secondary N) is 2. The SMILES string of the molecule is CC(C)C(NC(=O)Nc1ccc(Br)c(F)c1)C(=O)O. The van der Waals surface area contributed by atoms with Crippen molar-refractivity contribution in [2.24, 2.45) is 5.92 Å². The van der Waals surface area contributed by atoms with E-state index in [2.05, 4.69) is 26.6 Å². The van der Waals surface area contributed by atoms with Gasteiger partial charge in [-0.1, -0.05) is 13.8 Å². The highest BCUT2D eigenvalue weighted by Crippen LogP contribution is 2.19. The van der Waals surface area contributed by atoms with E-state index >= 15 is 0 Å². The topological polar surface area (TPSA) is 78.4 Å². The van der Waals surface area contributed by atoms with Gasteiger partial charge in [0.15, 0.2) is 0 Å². The predicted molar refractivity (Wildman–Crippen MR) is 72.5 cm³/mol. The van der Waals surface area contributed by atoms with Gasteiger partial charge >= 0.3 is 12.0 Å². The molecule has 1 aromatic carbocycles. The van der Waals surface area contributed by atoms with Crippen molar-refractivity contribution in [3.63, 3.8) is 0 Å². The summed E-state index contributed by atoms with van der Waals surface area (Å²) in [6.45, 7) is 3.36. The molecule has 2 amide bonds. The molecule has 5 nitrogen and oxygen atoms in total. The molecular formula is C12H14BrFN2O3. The van der Waals surface area contributed by atoms with Gasteiger partial charge in [0.05, 0.1) is 4.47 Å². The maximum absolute atomic E-state index is 13.2. The van der Waals surface area contributed by atoms with Crippen LogP contribution in [0.3, 0.4) is 0 Å². The summed E-state index contributed by atoms with van der Waals surface area (Å²) in [5.74, 6) is -1.89. The second-order valence-corrected chi connectivity index (χ2v) is 5.14. The average Bonchev–Trinajstić information content (AvgIpc) is 2.30. The molecule has 0 radical (unpaired) electrons. The molecule has 0 heterocycles. The third-order valence-electron chi connectivity index (χ3n) is 2.40. The highest BCUT2D eigenvalue weighted by Gasteiger charge is 2.23. The number of carboxylic acid groups (broad SMARTS) is 1. The lowest BCUT2D eigenvalue weighted by molar-refractivity contribution is -0.140. The summed E-state index contributed by atoms with van der Waals surface area (Å²) in [6, 6.07) is 2.39. The number of carboxylic acids is 1. The molecule has 7 heteroatoms. The van der Waals surface area contributed by atoms with Crippen molar-refractivity contribution in [2.45, 2.75) is 19.9 Å². The maximum Gasteiger partial charge on any atom is 0.326 e. The van der Waals surface area contributed by atoms with Gasteiger partial charge in [-0.15, -0.1) is 0 Å². The molecule has 0 fully saturated rings. The zero-order valence-electron chi connectivity index (χ0n) is 10.4. The number of anilines is 1. The molecule has 0 aromatic heterocycles. The lowest BCUT2D eigenvalue weighted by Crippen LogP contribution is -2.46. The standard InChI is InChI=1S/C12H14BrFN2O3/c1-6(2)10(11(17)18)16-12(19)15-7-3-4-8(13)9(14)5-7/h3-6,10H,1-2H3,(H,17,18)(H2,15,16,19). The zero-order chi connectivity index (χ0) is 14.6. The van der Waals surface area contributed by atoms with Crippen LogP contribution >= 0.6 is 15.9 Å². The van der Waals surface area contributed by atoms with Crippen molar-refractivity contribution < 1.29 is 19.1 Å². The number of hydrogen-bond acceptors (Lipinski definition) is 2. The van der Waals surface area contributed by atoms with Gasteiger partial charge in [-0.25, -0.2) is 14.0 Å². The van der Waals surface area contributed by atoms with E-state index in [1.165, 1.54) is 12.1 Å². The Hall–Kier alpha value is -1.63. The summed E-state index contributed by atoms with van der Waals surface area (Å²) in [5, 5.41) is 13.6. The maximum atomic E-state index is 13.2. The first-order valence-corrected chi connectivity index (χ1v) is 6.36. The summed E-state index contributed by atoms with van der Waals surface area (Å²) in [4.78, 5) is 22.5. The van der Waals surface area contributed by atoms with Crippen LogP contribution in [0, 0.1) is 11.7 Å². The van der Waals surface area contributed by atoms with Crippen molar-refractivity contribution in [3.8, 4) is 0 Å². The van der Waals surface area contributed by atoms with Crippen LogP contribution in [-0.2, 0) is 4.79 Å². The average molecular weight is 333 g/mol. The van der Waals surface area contributed by atoms with Crippen LogP contribution < -0.4 is 10.6 Å². The normalized spacial score (nSPS) is 12.1. The summed E-state index contributed by atoms with van der Waals surface area (Å²) in [6.07, 6.45) is 0. The molecule has 104 valence electrons. The van der Waals surface area contributed by atoms with Crippen LogP contribution in [0.25, 0.3) is 0 Å². The van der Waals surface area contributed by atoms with E-state index in [-0.39, 0.29) is 16.1 Å². The fourth-order valence-corrected chi connectivity index (χ4v) is 1.64. The number of rotatable bonds is 4. The molecule has 0 saturated carbocycles. The van der Waals surface area contributed by atoms with Crippen LogP contribution in [0.4, 0.5) is 14.9 Å². The molecule has 0 saturated heterocycles. The smallest absolute Gasteiger partial charge is 0.326 e. The Morgan fingerprint density at radius 2 is 2.00 bits per heavy atom. The van der Waals surface area contributed by atoms with Crippen molar-refractivity contribution in [1.82, 2.24) is 5.32 Å². The van der Waals surface area contributed by atoms with Crippen LogP contribution in [0.2, 0.25) is 0 Å². The monoisotopic (exact) mass is 332 g/mol. The zero-order valence-corrected chi connectivity index (χ0v) is 12.0. The third kappa shape index (κ3) is 4.51. The van der Waals surface area contributed by atoms with Crippen molar-refractivity contribution in [3.05, 3.63) is 28.5 Å². The number of aliphatic carboxylic acids is 1. The second-order valence-electron chi connectivity index (χ2n) is 4.29. The third-order valence-corrected chi connectivity index (χ3v) is 3.04. The van der Waals surface area contributed by atoms with Gasteiger partial charge in [0.25, 0.3) is 0 Å². The minimum atomic E-state index is -1.12. The van der Waals surface area contributed by atoms with Gasteiger partial charge in [-0.3, -0.25) is 0 Å². The van der Waals surface area contributed by atoms with Crippen molar-refractivity contribution in [1.29, 1.82) is 0 Å². The number of urea groups is 1. The van der Waals surface area contributed by atoms with Crippen molar-refractivity contribution in [2.75, 3.05) is 5.32 Å². The quantitative estimate of drug-likeness (QED) is 0.793. The van der Waals surface area contributed by atoms with Gasteiger partial charge in [0, 0.05) is 5.69 Å². The highest BCUT2D eigenvalue weighted by atomic mass is 79.9. The van der Waals surface area contributed by atoms with E-state index < -0.39 is 23.9 Å². The van der Waals surface area contributed by atoms with Gasteiger partial charge < -0.3 is 15.7 Å². The molecule has 0 aliphatic carbocycles. The second kappa shape index (κ2) is 6.51. The minimum absolute atomic E-state index is 0.242. The van der Waals surface area contributed by atoms with E-state index in [0.29, 0.717) is 0 Å². The van der Waals surface area contributed by atoms with E-state index in [9.17, 15) is 14.0 Å². The Kier molecular flexibility index (Phi) is 5.29. The molecule has 1 aromatic rings. The first kappa shape index (κ1) is 15.4. The number of amides is 2. The molecule has 0 aliphatic heterocycles. The molecular weight excluding hydrogens is 319 g/mol. The summed E-state index contributed by atoms with van der Waals surface area (Å²) in [7, 11) is 0. The van der Waals surface area contributed by atoms with Gasteiger partial charge in [0.2, 0.25) is 0 Å².